The maximum atomic E-state index is 13.2. The highest BCUT2D eigenvalue weighted by Gasteiger charge is 2.26. The van der Waals surface area contributed by atoms with Crippen LogP contribution in [-0.2, 0) is 22.6 Å². The van der Waals surface area contributed by atoms with Gasteiger partial charge in [-0.3, -0.25) is 9.59 Å². The third-order valence-corrected chi connectivity index (χ3v) is 5.47. The van der Waals surface area contributed by atoms with Gasteiger partial charge in [0.05, 0.1) is 0 Å². The van der Waals surface area contributed by atoms with Crippen molar-refractivity contribution in [1.82, 2.24) is 10.2 Å². The largest absolute Gasteiger partial charge is 0.352 e. The number of amides is 2. The van der Waals surface area contributed by atoms with Gasteiger partial charge in [0.2, 0.25) is 11.8 Å². The first-order chi connectivity index (χ1) is 14.2. The van der Waals surface area contributed by atoms with Gasteiger partial charge in [0.25, 0.3) is 0 Å². The highest BCUT2D eigenvalue weighted by molar-refractivity contribution is 5.87. The minimum Gasteiger partial charge on any atom is -0.352 e. The molecule has 0 saturated carbocycles. The second kappa shape index (κ2) is 11.0. The van der Waals surface area contributed by atoms with E-state index in [0.717, 1.165) is 16.7 Å². The van der Waals surface area contributed by atoms with Gasteiger partial charge in [-0.15, -0.1) is 0 Å². The summed E-state index contributed by atoms with van der Waals surface area (Å²) in [7, 11) is 0. The Morgan fingerprint density at radius 3 is 2.13 bits per heavy atom. The number of benzene rings is 2. The van der Waals surface area contributed by atoms with Crippen LogP contribution >= 0.6 is 0 Å². The van der Waals surface area contributed by atoms with Crippen molar-refractivity contribution in [1.29, 1.82) is 0 Å². The van der Waals surface area contributed by atoms with Crippen molar-refractivity contribution in [3.63, 3.8) is 0 Å². The van der Waals surface area contributed by atoms with E-state index in [2.05, 4.69) is 43.4 Å². The fourth-order valence-electron chi connectivity index (χ4n) is 3.42. The summed E-state index contributed by atoms with van der Waals surface area (Å²) >= 11 is 0. The number of hydrogen-bond donors (Lipinski definition) is 1. The molecule has 1 N–H and O–H groups in total. The Hall–Kier alpha value is -2.62. The van der Waals surface area contributed by atoms with Crippen molar-refractivity contribution in [2.24, 2.45) is 0 Å². The molecule has 4 heteroatoms. The molecule has 1 atom stereocenters. The van der Waals surface area contributed by atoms with E-state index in [0.29, 0.717) is 25.3 Å². The molecular formula is C26H36N2O2. The van der Waals surface area contributed by atoms with Crippen molar-refractivity contribution in [3.05, 3.63) is 70.8 Å². The molecule has 0 aromatic heterocycles. The predicted molar refractivity (Wildman–Crippen MR) is 123 cm³/mol. The molecule has 0 fully saturated rings. The maximum Gasteiger partial charge on any atom is 0.242 e. The van der Waals surface area contributed by atoms with Crippen LogP contribution in [0.25, 0.3) is 0 Å². The lowest BCUT2D eigenvalue weighted by atomic mass is 10.00. The zero-order valence-electron chi connectivity index (χ0n) is 19.2. The molecule has 2 rings (SSSR count). The van der Waals surface area contributed by atoms with Gasteiger partial charge in [0, 0.05) is 19.0 Å². The number of nitrogens with zero attached hydrogens (tertiary/aromatic N) is 1. The average Bonchev–Trinajstić information content (AvgIpc) is 2.70. The van der Waals surface area contributed by atoms with E-state index in [4.69, 9.17) is 0 Å². The summed E-state index contributed by atoms with van der Waals surface area (Å²) in [5, 5.41) is 2.94. The van der Waals surface area contributed by atoms with E-state index < -0.39 is 6.04 Å². The number of nitrogens with one attached hydrogen (secondary N) is 1. The van der Waals surface area contributed by atoms with Crippen molar-refractivity contribution in [3.8, 4) is 0 Å². The molecule has 0 unspecified atom stereocenters. The van der Waals surface area contributed by atoms with Gasteiger partial charge in [0.15, 0.2) is 0 Å². The molecule has 0 aliphatic carbocycles. The van der Waals surface area contributed by atoms with Crippen LogP contribution in [0.15, 0.2) is 48.5 Å². The Kier molecular flexibility index (Phi) is 8.64. The molecular weight excluding hydrogens is 372 g/mol. The fourth-order valence-corrected chi connectivity index (χ4v) is 3.42. The monoisotopic (exact) mass is 408 g/mol. The minimum absolute atomic E-state index is 0.00223. The van der Waals surface area contributed by atoms with Crippen LogP contribution in [0.5, 0.6) is 0 Å². The Morgan fingerprint density at radius 1 is 0.933 bits per heavy atom. The molecule has 2 aromatic carbocycles. The lowest BCUT2D eigenvalue weighted by Crippen LogP contribution is -2.49. The summed E-state index contributed by atoms with van der Waals surface area (Å²) in [6.07, 6.45) is 1.05. The van der Waals surface area contributed by atoms with Gasteiger partial charge in [0.1, 0.15) is 6.04 Å². The Labute approximate surface area is 181 Å². The molecule has 0 spiro atoms. The summed E-state index contributed by atoms with van der Waals surface area (Å²) in [6, 6.07) is 16.0. The summed E-state index contributed by atoms with van der Waals surface area (Å²) < 4.78 is 0. The molecule has 0 heterocycles. The Morgan fingerprint density at radius 2 is 1.57 bits per heavy atom. The number of carbonyl (C=O) groups excluding carboxylic acids is 2. The van der Waals surface area contributed by atoms with Crippen LogP contribution in [-0.4, -0.2) is 28.8 Å². The number of hydrogen-bond acceptors (Lipinski definition) is 2. The van der Waals surface area contributed by atoms with Crippen molar-refractivity contribution in [2.45, 2.75) is 78.9 Å². The molecule has 0 bridgehead atoms. The van der Waals surface area contributed by atoms with Gasteiger partial charge >= 0.3 is 0 Å². The third-order valence-electron chi connectivity index (χ3n) is 5.47. The van der Waals surface area contributed by atoms with Crippen molar-refractivity contribution < 1.29 is 9.59 Å². The normalized spacial score (nSPS) is 12.1. The van der Waals surface area contributed by atoms with Crippen LogP contribution in [0.4, 0.5) is 0 Å². The average molecular weight is 409 g/mol. The van der Waals surface area contributed by atoms with E-state index >= 15 is 0 Å². The van der Waals surface area contributed by atoms with Gasteiger partial charge in [-0.2, -0.15) is 0 Å². The SMILES string of the molecule is Cc1ccccc1CN(C(=O)CCc1ccc(C(C)C)cc1)[C@@H](C)C(=O)NC(C)C. The van der Waals surface area contributed by atoms with Crippen LogP contribution in [0.2, 0.25) is 0 Å². The zero-order valence-corrected chi connectivity index (χ0v) is 19.2. The smallest absolute Gasteiger partial charge is 0.242 e. The Balaban J connectivity index is 2.14. The molecule has 2 aromatic rings. The number of aryl methyl sites for hydroxylation is 2. The minimum atomic E-state index is -0.525. The third kappa shape index (κ3) is 6.72. The van der Waals surface area contributed by atoms with Gasteiger partial charge < -0.3 is 10.2 Å². The van der Waals surface area contributed by atoms with Crippen LogP contribution in [0, 0.1) is 6.92 Å². The molecule has 0 aliphatic heterocycles. The summed E-state index contributed by atoms with van der Waals surface area (Å²) in [6.45, 7) is 12.5. The number of carbonyl (C=O) groups is 2. The van der Waals surface area contributed by atoms with Crippen LogP contribution in [0.3, 0.4) is 0 Å². The maximum absolute atomic E-state index is 13.2. The topological polar surface area (TPSA) is 49.4 Å². The van der Waals surface area contributed by atoms with Crippen LogP contribution in [0.1, 0.15) is 69.2 Å². The summed E-state index contributed by atoms with van der Waals surface area (Å²) in [4.78, 5) is 27.5. The molecule has 0 radical (unpaired) electrons. The lowest BCUT2D eigenvalue weighted by molar-refractivity contribution is -0.140. The lowest BCUT2D eigenvalue weighted by Gasteiger charge is -2.30. The first-order valence-electron chi connectivity index (χ1n) is 10.9. The van der Waals surface area contributed by atoms with Crippen LogP contribution < -0.4 is 5.32 Å². The van der Waals surface area contributed by atoms with Gasteiger partial charge in [-0.25, -0.2) is 0 Å². The quantitative estimate of drug-likeness (QED) is 0.635. The van der Waals surface area contributed by atoms with E-state index in [1.165, 1.54) is 5.56 Å². The first-order valence-corrected chi connectivity index (χ1v) is 10.9. The molecule has 2 amide bonds. The van der Waals surface area contributed by atoms with E-state index in [1.54, 1.807) is 4.90 Å². The van der Waals surface area contributed by atoms with E-state index in [1.807, 2.05) is 52.0 Å². The van der Waals surface area contributed by atoms with Crippen molar-refractivity contribution >= 4 is 11.8 Å². The molecule has 30 heavy (non-hydrogen) atoms. The summed E-state index contributed by atoms with van der Waals surface area (Å²) in [5.41, 5.74) is 4.63. The molecule has 0 saturated heterocycles. The highest BCUT2D eigenvalue weighted by atomic mass is 16.2. The van der Waals surface area contributed by atoms with Crippen molar-refractivity contribution in [2.75, 3.05) is 0 Å². The van der Waals surface area contributed by atoms with E-state index in [9.17, 15) is 9.59 Å². The predicted octanol–water partition coefficient (Wildman–Crippen LogP) is 4.99. The highest BCUT2D eigenvalue weighted by Crippen LogP contribution is 2.18. The molecule has 0 aliphatic rings. The summed E-state index contributed by atoms with van der Waals surface area (Å²) in [5.74, 6) is 0.372. The molecule has 162 valence electrons. The second-order valence-corrected chi connectivity index (χ2v) is 8.68. The zero-order chi connectivity index (χ0) is 22.3. The van der Waals surface area contributed by atoms with E-state index in [-0.39, 0.29) is 17.9 Å². The van der Waals surface area contributed by atoms with Gasteiger partial charge in [-0.05, 0) is 62.3 Å². The fraction of sp³-hybridized carbons (Fsp3) is 0.462. The Bertz CT molecular complexity index is 840. The van der Waals surface area contributed by atoms with Gasteiger partial charge in [-0.1, -0.05) is 62.4 Å². The molecule has 4 nitrogen and oxygen atoms in total. The first kappa shape index (κ1) is 23.7. The standard InChI is InChI=1S/C26H36N2O2/c1-18(2)23-14-11-22(12-15-23)13-16-25(29)28(21(6)26(30)27-19(3)4)17-24-10-8-7-9-20(24)5/h7-12,14-15,18-19,21H,13,16-17H2,1-6H3,(H,27,30)/t21-/m0/s1. The second-order valence-electron chi connectivity index (χ2n) is 8.68. The number of rotatable bonds is 9.